The lowest BCUT2D eigenvalue weighted by molar-refractivity contribution is 1.02. The number of nitrogens with zero attached hydrogens (tertiary/aromatic N) is 4. The van der Waals surface area contributed by atoms with Crippen LogP contribution in [0.3, 0.4) is 0 Å². The van der Waals surface area contributed by atoms with Gasteiger partial charge in [0, 0.05) is 18.0 Å². The summed E-state index contributed by atoms with van der Waals surface area (Å²) in [5.41, 5.74) is 7.29. The number of pyridine rings is 1. The van der Waals surface area contributed by atoms with Gasteiger partial charge in [0.15, 0.2) is 5.82 Å². The number of hydrogen-bond donors (Lipinski definition) is 2. The predicted molar refractivity (Wildman–Crippen MR) is 52.6 cm³/mol. The molecule has 2 aromatic heterocycles. The van der Waals surface area contributed by atoms with Gasteiger partial charge in [-0.1, -0.05) is 0 Å². The van der Waals surface area contributed by atoms with Crippen molar-refractivity contribution in [3.05, 3.63) is 24.0 Å². The third kappa shape index (κ3) is 1.26. The Balaban J connectivity index is 2.55. The zero-order chi connectivity index (χ0) is 10.1. The van der Waals surface area contributed by atoms with Gasteiger partial charge in [0.25, 0.3) is 0 Å². The standard InChI is InChI=1S/C8H10N6/c1-5-2-6(4-11-3-5)7-12-13-8(9)14(7)10/h2-4H,10H2,1H3,(H2,9,13). The summed E-state index contributed by atoms with van der Waals surface area (Å²) in [4.78, 5) is 4.03. The Labute approximate surface area is 80.5 Å². The van der Waals surface area contributed by atoms with Gasteiger partial charge in [0.05, 0.1) is 0 Å². The Morgan fingerprint density at radius 1 is 1.29 bits per heavy atom. The molecule has 0 unspecified atom stereocenters. The van der Waals surface area contributed by atoms with Gasteiger partial charge in [-0.05, 0) is 18.6 Å². The van der Waals surface area contributed by atoms with Crippen molar-refractivity contribution in [2.75, 3.05) is 11.6 Å². The molecule has 0 fully saturated rings. The Kier molecular flexibility index (Phi) is 1.81. The van der Waals surface area contributed by atoms with E-state index in [9.17, 15) is 0 Å². The van der Waals surface area contributed by atoms with Crippen LogP contribution in [0.1, 0.15) is 5.56 Å². The molecule has 0 amide bonds. The molecule has 0 atom stereocenters. The quantitative estimate of drug-likeness (QED) is 0.614. The molecule has 0 saturated carbocycles. The van der Waals surface area contributed by atoms with Crippen molar-refractivity contribution < 1.29 is 0 Å². The third-order valence-corrected chi connectivity index (χ3v) is 1.86. The lowest BCUT2D eigenvalue weighted by Crippen LogP contribution is -2.13. The molecule has 0 aliphatic heterocycles. The van der Waals surface area contributed by atoms with Crippen molar-refractivity contribution in [1.82, 2.24) is 19.9 Å². The van der Waals surface area contributed by atoms with Crippen LogP contribution in [0.4, 0.5) is 5.95 Å². The minimum absolute atomic E-state index is 0.182. The van der Waals surface area contributed by atoms with Gasteiger partial charge in [-0.25, -0.2) is 4.68 Å². The lowest BCUT2D eigenvalue weighted by Gasteiger charge is -2.01. The molecular formula is C8H10N6. The third-order valence-electron chi connectivity index (χ3n) is 1.86. The summed E-state index contributed by atoms with van der Waals surface area (Å²) >= 11 is 0. The maximum absolute atomic E-state index is 5.62. The van der Waals surface area contributed by atoms with Gasteiger partial charge in [-0.3, -0.25) is 4.98 Å². The summed E-state index contributed by atoms with van der Waals surface area (Å²) in [6.45, 7) is 1.94. The lowest BCUT2D eigenvalue weighted by atomic mass is 10.2. The average Bonchev–Trinajstić information content (AvgIpc) is 2.48. The fourth-order valence-electron chi connectivity index (χ4n) is 1.18. The fraction of sp³-hybridized carbons (Fsp3) is 0.125. The molecule has 2 aromatic rings. The minimum atomic E-state index is 0.182. The molecular weight excluding hydrogens is 180 g/mol. The van der Waals surface area contributed by atoms with Crippen LogP contribution in [-0.4, -0.2) is 19.9 Å². The number of rotatable bonds is 1. The number of anilines is 1. The number of hydrogen-bond acceptors (Lipinski definition) is 5. The molecule has 2 heterocycles. The Morgan fingerprint density at radius 3 is 2.64 bits per heavy atom. The summed E-state index contributed by atoms with van der Waals surface area (Å²) in [7, 11) is 0. The van der Waals surface area contributed by atoms with Crippen LogP contribution in [0.2, 0.25) is 0 Å². The highest BCUT2D eigenvalue weighted by Crippen LogP contribution is 2.16. The zero-order valence-electron chi connectivity index (χ0n) is 7.68. The van der Waals surface area contributed by atoms with Gasteiger partial charge in [-0.15, -0.1) is 10.2 Å². The normalized spacial score (nSPS) is 10.4. The average molecular weight is 190 g/mol. The topological polar surface area (TPSA) is 95.6 Å². The SMILES string of the molecule is Cc1cncc(-c2nnc(N)n2N)c1. The maximum atomic E-state index is 5.62. The van der Waals surface area contributed by atoms with Crippen molar-refractivity contribution >= 4 is 5.95 Å². The van der Waals surface area contributed by atoms with Crippen LogP contribution in [0.25, 0.3) is 11.4 Å². The van der Waals surface area contributed by atoms with Crippen LogP contribution in [0, 0.1) is 6.92 Å². The fourth-order valence-corrected chi connectivity index (χ4v) is 1.18. The molecule has 0 bridgehead atoms. The summed E-state index contributed by atoms with van der Waals surface area (Å²) in [5.74, 6) is 6.32. The largest absolute Gasteiger partial charge is 0.366 e. The number of nitrogen functional groups attached to an aromatic ring is 2. The molecule has 72 valence electrons. The van der Waals surface area contributed by atoms with E-state index >= 15 is 0 Å². The molecule has 0 spiro atoms. The van der Waals surface area contributed by atoms with Crippen LogP contribution in [0.5, 0.6) is 0 Å². The van der Waals surface area contributed by atoms with E-state index in [0.29, 0.717) is 5.82 Å². The minimum Gasteiger partial charge on any atom is -0.366 e. The molecule has 2 rings (SSSR count). The predicted octanol–water partition coefficient (Wildman–Crippen LogP) is -0.0555. The summed E-state index contributed by atoms with van der Waals surface area (Å²) in [5, 5.41) is 7.51. The van der Waals surface area contributed by atoms with E-state index in [0.717, 1.165) is 11.1 Å². The number of nitrogens with two attached hydrogens (primary N) is 2. The van der Waals surface area contributed by atoms with E-state index in [1.807, 2.05) is 13.0 Å². The van der Waals surface area contributed by atoms with E-state index in [-0.39, 0.29) is 5.95 Å². The second-order valence-corrected chi connectivity index (χ2v) is 3.00. The molecule has 6 nitrogen and oxygen atoms in total. The Bertz CT molecular complexity index is 461. The van der Waals surface area contributed by atoms with Crippen molar-refractivity contribution in [3.63, 3.8) is 0 Å². The Morgan fingerprint density at radius 2 is 2.07 bits per heavy atom. The second-order valence-electron chi connectivity index (χ2n) is 3.00. The molecule has 0 aliphatic carbocycles. The molecule has 0 aliphatic rings. The first-order valence-corrected chi connectivity index (χ1v) is 4.06. The van der Waals surface area contributed by atoms with Gasteiger partial charge in [0.1, 0.15) is 0 Å². The highest BCUT2D eigenvalue weighted by atomic mass is 15.4. The molecule has 6 heteroatoms. The maximum Gasteiger partial charge on any atom is 0.241 e. The van der Waals surface area contributed by atoms with Gasteiger partial charge >= 0.3 is 0 Å². The van der Waals surface area contributed by atoms with Gasteiger partial charge < -0.3 is 11.6 Å². The molecule has 0 saturated heterocycles. The first-order valence-electron chi connectivity index (χ1n) is 4.06. The van der Waals surface area contributed by atoms with E-state index in [1.54, 1.807) is 12.4 Å². The smallest absolute Gasteiger partial charge is 0.241 e. The highest BCUT2D eigenvalue weighted by Gasteiger charge is 2.08. The van der Waals surface area contributed by atoms with Gasteiger partial charge in [0.2, 0.25) is 5.95 Å². The van der Waals surface area contributed by atoms with E-state index in [1.165, 1.54) is 4.68 Å². The highest BCUT2D eigenvalue weighted by molar-refractivity contribution is 5.56. The van der Waals surface area contributed by atoms with E-state index in [2.05, 4.69) is 15.2 Å². The first kappa shape index (κ1) is 8.49. The van der Waals surface area contributed by atoms with Crippen molar-refractivity contribution in [2.45, 2.75) is 6.92 Å². The Hall–Kier alpha value is -2.11. The van der Waals surface area contributed by atoms with Crippen molar-refractivity contribution in [3.8, 4) is 11.4 Å². The van der Waals surface area contributed by atoms with Crippen molar-refractivity contribution in [2.24, 2.45) is 0 Å². The van der Waals surface area contributed by atoms with Crippen LogP contribution in [-0.2, 0) is 0 Å². The zero-order valence-corrected chi connectivity index (χ0v) is 7.68. The van der Waals surface area contributed by atoms with Crippen LogP contribution in [0.15, 0.2) is 18.5 Å². The van der Waals surface area contributed by atoms with Gasteiger partial charge in [-0.2, -0.15) is 0 Å². The van der Waals surface area contributed by atoms with Crippen LogP contribution >= 0.6 is 0 Å². The number of aromatic nitrogens is 4. The molecule has 0 radical (unpaired) electrons. The summed E-state index contributed by atoms with van der Waals surface area (Å²) < 4.78 is 1.23. The van der Waals surface area contributed by atoms with E-state index in [4.69, 9.17) is 11.6 Å². The van der Waals surface area contributed by atoms with Crippen molar-refractivity contribution in [1.29, 1.82) is 0 Å². The number of aryl methyl sites for hydroxylation is 1. The summed E-state index contributed by atoms with van der Waals surface area (Å²) in [6, 6.07) is 1.92. The summed E-state index contributed by atoms with van der Waals surface area (Å²) in [6.07, 6.45) is 3.42. The van der Waals surface area contributed by atoms with Crippen LogP contribution < -0.4 is 11.6 Å². The monoisotopic (exact) mass is 190 g/mol. The first-order chi connectivity index (χ1) is 6.68. The molecule has 14 heavy (non-hydrogen) atoms. The van der Waals surface area contributed by atoms with E-state index < -0.39 is 0 Å². The molecule has 4 N–H and O–H groups in total. The molecule has 0 aromatic carbocycles. The second kappa shape index (κ2) is 2.99.